The number of carbonyl (C=O) groups excluding carboxylic acids is 1. The van der Waals surface area contributed by atoms with Crippen molar-refractivity contribution in [3.63, 3.8) is 0 Å². The summed E-state index contributed by atoms with van der Waals surface area (Å²) < 4.78 is 4.99. The molecule has 1 heterocycles. The highest BCUT2D eigenvalue weighted by Gasteiger charge is 2.34. The molecule has 2 N–H and O–H groups in total. The zero-order valence-corrected chi connectivity index (χ0v) is 12.5. The molecule has 1 saturated heterocycles. The van der Waals surface area contributed by atoms with Crippen molar-refractivity contribution < 1.29 is 14.6 Å². The number of hydrogen-bond donors (Lipinski definition) is 2. The number of carbonyl (C=O) groups is 1. The maximum absolute atomic E-state index is 11.6. The van der Waals surface area contributed by atoms with Crippen molar-refractivity contribution >= 4 is 6.09 Å². The lowest BCUT2D eigenvalue weighted by Crippen LogP contribution is -2.55. The molecule has 2 rings (SSSR count). The fraction of sp³-hybridized carbons (Fsp3) is 0.933. The van der Waals surface area contributed by atoms with Crippen molar-refractivity contribution in [2.75, 3.05) is 26.3 Å². The van der Waals surface area contributed by atoms with E-state index in [1.165, 1.54) is 19.3 Å². The van der Waals surface area contributed by atoms with Crippen molar-refractivity contribution in [1.82, 2.24) is 10.2 Å². The van der Waals surface area contributed by atoms with Gasteiger partial charge in [-0.1, -0.05) is 6.42 Å². The lowest BCUT2D eigenvalue weighted by molar-refractivity contribution is 0.0519. The third-order valence-electron chi connectivity index (χ3n) is 4.52. The zero-order valence-electron chi connectivity index (χ0n) is 12.5. The molecule has 0 aromatic rings. The molecule has 0 aromatic heterocycles. The predicted molar refractivity (Wildman–Crippen MR) is 77.6 cm³/mol. The minimum absolute atomic E-state index is 0.187. The van der Waals surface area contributed by atoms with Crippen LogP contribution in [0.2, 0.25) is 0 Å². The summed E-state index contributed by atoms with van der Waals surface area (Å²) in [4.78, 5) is 14.1. The van der Waals surface area contributed by atoms with Crippen LogP contribution in [0.25, 0.3) is 0 Å². The van der Waals surface area contributed by atoms with Gasteiger partial charge in [-0.25, -0.2) is 4.79 Å². The number of nitrogens with zero attached hydrogens (tertiary/aromatic N) is 1. The molecule has 1 aliphatic heterocycles. The van der Waals surface area contributed by atoms with E-state index in [9.17, 15) is 4.79 Å². The van der Waals surface area contributed by atoms with Gasteiger partial charge in [-0.2, -0.15) is 0 Å². The van der Waals surface area contributed by atoms with Gasteiger partial charge in [0, 0.05) is 31.8 Å². The predicted octanol–water partition coefficient (Wildman–Crippen LogP) is 1.75. The Morgan fingerprint density at radius 1 is 1.40 bits per heavy atom. The Labute approximate surface area is 121 Å². The van der Waals surface area contributed by atoms with Crippen LogP contribution >= 0.6 is 0 Å². The summed E-state index contributed by atoms with van der Waals surface area (Å²) in [5, 5.41) is 12.0. The van der Waals surface area contributed by atoms with E-state index < -0.39 is 0 Å². The maximum Gasteiger partial charge on any atom is 0.407 e. The molecule has 5 nitrogen and oxygen atoms in total. The van der Waals surface area contributed by atoms with Crippen LogP contribution in [0.1, 0.15) is 45.4 Å². The first-order valence-corrected chi connectivity index (χ1v) is 8.01. The smallest absolute Gasteiger partial charge is 0.407 e. The molecule has 1 saturated carbocycles. The first-order chi connectivity index (χ1) is 9.72. The van der Waals surface area contributed by atoms with E-state index in [-0.39, 0.29) is 18.7 Å². The molecule has 5 heteroatoms. The second kappa shape index (κ2) is 7.84. The first kappa shape index (κ1) is 15.6. The van der Waals surface area contributed by atoms with E-state index in [4.69, 9.17) is 9.84 Å². The van der Waals surface area contributed by atoms with E-state index in [1.807, 2.05) is 6.92 Å². The number of rotatable bonds is 6. The molecule has 1 amide bonds. The average Bonchev–Trinajstić information content (AvgIpc) is 2.34. The van der Waals surface area contributed by atoms with E-state index >= 15 is 0 Å². The molecule has 0 spiro atoms. The van der Waals surface area contributed by atoms with Crippen LogP contribution < -0.4 is 5.32 Å². The summed E-state index contributed by atoms with van der Waals surface area (Å²) in [5.41, 5.74) is 0. The molecule has 2 fully saturated rings. The quantitative estimate of drug-likeness (QED) is 0.780. The number of hydrogen-bond acceptors (Lipinski definition) is 4. The molecule has 2 atom stereocenters. The molecule has 2 unspecified atom stereocenters. The van der Waals surface area contributed by atoms with Gasteiger partial charge in [-0.3, -0.25) is 4.90 Å². The largest absolute Gasteiger partial charge is 0.450 e. The number of piperidine rings is 1. The van der Waals surface area contributed by atoms with E-state index in [0.29, 0.717) is 18.6 Å². The van der Waals surface area contributed by atoms with Crippen LogP contribution in [0.4, 0.5) is 4.79 Å². The lowest BCUT2D eigenvalue weighted by atomic mass is 9.85. The molecular formula is C15H28N2O3. The third-order valence-corrected chi connectivity index (χ3v) is 4.52. The third kappa shape index (κ3) is 4.35. The Bertz CT molecular complexity index is 307. The molecule has 20 heavy (non-hydrogen) atoms. The Hall–Kier alpha value is -0.810. The highest BCUT2D eigenvalue weighted by Crippen LogP contribution is 2.30. The van der Waals surface area contributed by atoms with Gasteiger partial charge in [-0.05, 0) is 44.9 Å². The van der Waals surface area contributed by atoms with Crippen molar-refractivity contribution in [1.29, 1.82) is 0 Å². The molecular weight excluding hydrogens is 256 g/mol. The Kier molecular flexibility index (Phi) is 6.10. The highest BCUT2D eigenvalue weighted by atomic mass is 16.5. The number of likely N-dealkylation sites (tertiary alicyclic amines) is 1. The number of amides is 1. The van der Waals surface area contributed by atoms with E-state index in [2.05, 4.69) is 10.2 Å². The van der Waals surface area contributed by atoms with E-state index in [0.717, 1.165) is 32.4 Å². The maximum atomic E-state index is 11.6. The summed E-state index contributed by atoms with van der Waals surface area (Å²) in [5.74, 6) is 0.573. The first-order valence-electron chi connectivity index (χ1n) is 8.01. The second-order valence-corrected chi connectivity index (χ2v) is 6.07. The Morgan fingerprint density at radius 2 is 2.20 bits per heavy atom. The minimum Gasteiger partial charge on any atom is -0.450 e. The molecule has 0 bridgehead atoms. The average molecular weight is 284 g/mol. The minimum atomic E-state index is -0.297. The summed E-state index contributed by atoms with van der Waals surface area (Å²) in [6.07, 6.45) is 6.52. The summed E-state index contributed by atoms with van der Waals surface area (Å²) in [7, 11) is 0. The number of aliphatic hydroxyl groups excluding tert-OH is 1. The fourth-order valence-corrected chi connectivity index (χ4v) is 3.32. The van der Waals surface area contributed by atoms with Crippen molar-refractivity contribution in [3.8, 4) is 0 Å². The number of nitrogens with one attached hydrogen (secondary N) is 1. The topological polar surface area (TPSA) is 61.8 Å². The van der Waals surface area contributed by atoms with Crippen LogP contribution in [0.5, 0.6) is 0 Å². The number of ether oxygens (including phenoxy) is 1. The van der Waals surface area contributed by atoms with Gasteiger partial charge in [0.15, 0.2) is 0 Å². The van der Waals surface area contributed by atoms with Crippen molar-refractivity contribution in [2.24, 2.45) is 5.92 Å². The normalized spacial score (nSPS) is 27.9. The van der Waals surface area contributed by atoms with Crippen LogP contribution in [-0.2, 0) is 4.74 Å². The molecule has 2 aliphatic rings. The van der Waals surface area contributed by atoms with Gasteiger partial charge >= 0.3 is 6.09 Å². The standard InChI is InChI=1S/C15H28N2O3/c1-2-20-15(19)16-13-9-12(5-4-8-18)10-17(11-13)14-6-3-7-14/h12-14,18H,2-11H2,1H3,(H,16,19). The summed E-state index contributed by atoms with van der Waals surface area (Å²) in [6, 6.07) is 0.894. The second-order valence-electron chi connectivity index (χ2n) is 6.07. The van der Waals surface area contributed by atoms with Crippen LogP contribution in [0.3, 0.4) is 0 Å². The summed E-state index contributed by atoms with van der Waals surface area (Å²) in [6.45, 7) is 4.56. The number of alkyl carbamates (subject to hydrolysis) is 1. The highest BCUT2D eigenvalue weighted by molar-refractivity contribution is 5.67. The monoisotopic (exact) mass is 284 g/mol. The summed E-state index contributed by atoms with van der Waals surface area (Å²) >= 11 is 0. The lowest BCUT2D eigenvalue weighted by Gasteiger charge is -2.45. The van der Waals surface area contributed by atoms with Crippen molar-refractivity contribution in [3.05, 3.63) is 0 Å². The molecule has 0 aromatic carbocycles. The van der Waals surface area contributed by atoms with Gasteiger partial charge in [0.05, 0.1) is 6.61 Å². The van der Waals surface area contributed by atoms with Gasteiger partial charge < -0.3 is 15.2 Å². The SMILES string of the molecule is CCOC(=O)NC1CC(CCCO)CN(C2CCC2)C1. The Morgan fingerprint density at radius 3 is 2.80 bits per heavy atom. The Balaban J connectivity index is 1.86. The van der Waals surface area contributed by atoms with Gasteiger partial charge in [0.25, 0.3) is 0 Å². The molecule has 1 aliphatic carbocycles. The fourth-order valence-electron chi connectivity index (χ4n) is 3.32. The molecule has 116 valence electrons. The van der Waals surface area contributed by atoms with Gasteiger partial charge in [-0.15, -0.1) is 0 Å². The van der Waals surface area contributed by atoms with Gasteiger partial charge in [0.2, 0.25) is 0 Å². The zero-order chi connectivity index (χ0) is 14.4. The number of aliphatic hydroxyl groups is 1. The van der Waals surface area contributed by atoms with Crippen LogP contribution in [0, 0.1) is 5.92 Å². The molecule has 0 radical (unpaired) electrons. The van der Waals surface area contributed by atoms with Crippen LogP contribution in [-0.4, -0.2) is 54.5 Å². The van der Waals surface area contributed by atoms with Crippen LogP contribution in [0.15, 0.2) is 0 Å². The van der Waals surface area contributed by atoms with E-state index in [1.54, 1.807) is 0 Å². The van der Waals surface area contributed by atoms with Gasteiger partial charge in [0.1, 0.15) is 0 Å². The van der Waals surface area contributed by atoms with Crippen molar-refractivity contribution in [2.45, 2.75) is 57.5 Å².